The predicted octanol–water partition coefficient (Wildman–Crippen LogP) is 3.44. The SMILES string of the molecule is O=C(C1COc2ccccc2O1)N1CCC(Nc2ccc3[nH]ncc3c2)CC1.O=C(O)C(F)(F)F. The number of carboxylic acids is 1. The lowest BCUT2D eigenvalue weighted by Crippen LogP contribution is -2.50. The summed E-state index contributed by atoms with van der Waals surface area (Å²) in [6.45, 7) is 1.69. The minimum Gasteiger partial charge on any atom is -0.485 e. The van der Waals surface area contributed by atoms with Gasteiger partial charge in [0.05, 0.1) is 11.7 Å². The molecule has 0 radical (unpaired) electrons. The van der Waals surface area contributed by atoms with Gasteiger partial charge in [-0.2, -0.15) is 18.3 Å². The maximum atomic E-state index is 12.8. The molecule has 5 rings (SSSR count). The Kier molecular flexibility index (Phi) is 6.99. The molecule has 1 fully saturated rings. The molecule has 0 aliphatic carbocycles. The van der Waals surface area contributed by atoms with E-state index in [1.54, 1.807) is 0 Å². The number of nitrogens with zero attached hydrogens (tertiary/aromatic N) is 2. The number of anilines is 1. The molecule has 1 saturated heterocycles. The highest BCUT2D eigenvalue weighted by Crippen LogP contribution is 2.31. The number of benzene rings is 2. The van der Waals surface area contributed by atoms with Crippen molar-refractivity contribution in [3.05, 3.63) is 48.7 Å². The van der Waals surface area contributed by atoms with Crippen molar-refractivity contribution >= 4 is 28.5 Å². The fourth-order valence-corrected chi connectivity index (χ4v) is 3.86. The molecule has 2 aromatic carbocycles. The van der Waals surface area contributed by atoms with Gasteiger partial charge in [0.15, 0.2) is 11.5 Å². The summed E-state index contributed by atoms with van der Waals surface area (Å²) in [5.74, 6) is -1.41. The summed E-state index contributed by atoms with van der Waals surface area (Å²) < 4.78 is 43.3. The van der Waals surface area contributed by atoms with Gasteiger partial charge in [-0.15, -0.1) is 0 Å². The molecule has 0 spiro atoms. The van der Waals surface area contributed by atoms with Crippen molar-refractivity contribution in [3.63, 3.8) is 0 Å². The number of rotatable bonds is 3. The quantitative estimate of drug-likeness (QED) is 0.513. The molecule has 186 valence electrons. The fraction of sp³-hybridized carbons (Fsp3) is 0.348. The van der Waals surface area contributed by atoms with E-state index < -0.39 is 18.2 Å². The molecular weight excluding hydrogens is 469 g/mol. The van der Waals surface area contributed by atoms with Crippen LogP contribution in [0.2, 0.25) is 0 Å². The van der Waals surface area contributed by atoms with E-state index in [4.69, 9.17) is 19.4 Å². The third-order valence-corrected chi connectivity index (χ3v) is 5.64. The normalized spacial score (nSPS) is 17.9. The van der Waals surface area contributed by atoms with Gasteiger partial charge in [-0.25, -0.2) is 4.79 Å². The van der Waals surface area contributed by atoms with Gasteiger partial charge < -0.3 is 24.8 Å². The Hall–Kier alpha value is -3.96. The van der Waals surface area contributed by atoms with Crippen molar-refractivity contribution in [1.82, 2.24) is 15.1 Å². The number of likely N-dealkylation sites (tertiary alicyclic amines) is 1. The number of hydrogen-bond donors (Lipinski definition) is 3. The first kappa shape index (κ1) is 24.2. The van der Waals surface area contributed by atoms with E-state index in [-0.39, 0.29) is 12.5 Å². The van der Waals surface area contributed by atoms with Crippen LogP contribution in [0.3, 0.4) is 0 Å². The van der Waals surface area contributed by atoms with Gasteiger partial charge in [0.1, 0.15) is 6.61 Å². The van der Waals surface area contributed by atoms with Crippen LogP contribution in [0.15, 0.2) is 48.7 Å². The zero-order valence-corrected chi connectivity index (χ0v) is 18.4. The topological polar surface area (TPSA) is 117 Å². The van der Waals surface area contributed by atoms with E-state index >= 15 is 0 Å². The lowest BCUT2D eigenvalue weighted by Gasteiger charge is -2.36. The second-order valence-electron chi connectivity index (χ2n) is 8.08. The molecular formula is C23H23F3N4O5. The number of carbonyl (C=O) groups is 2. The number of alkyl halides is 3. The Labute approximate surface area is 197 Å². The third-order valence-electron chi connectivity index (χ3n) is 5.64. The van der Waals surface area contributed by atoms with E-state index in [0.29, 0.717) is 30.6 Å². The standard InChI is InChI=1S/C21H22N4O3.C2HF3O2/c26-21(20-13-27-18-3-1-2-4-19(18)28-20)25-9-7-15(8-10-25)23-16-5-6-17-14(11-16)12-22-24-17;3-2(4,5)1(6)7/h1-6,11-12,15,20,23H,7-10,13H2,(H,22,24);(H,6,7). The van der Waals surface area contributed by atoms with Gasteiger partial charge in [0.25, 0.3) is 5.91 Å². The third kappa shape index (κ3) is 5.94. The largest absolute Gasteiger partial charge is 0.490 e. The van der Waals surface area contributed by atoms with Crippen LogP contribution in [0, 0.1) is 0 Å². The van der Waals surface area contributed by atoms with Gasteiger partial charge in [-0.3, -0.25) is 9.89 Å². The van der Waals surface area contributed by atoms with Crippen LogP contribution < -0.4 is 14.8 Å². The van der Waals surface area contributed by atoms with Crippen LogP contribution in [0.5, 0.6) is 11.5 Å². The monoisotopic (exact) mass is 492 g/mol. The zero-order valence-electron chi connectivity index (χ0n) is 18.4. The molecule has 35 heavy (non-hydrogen) atoms. The molecule has 3 heterocycles. The van der Waals surface area contributed by atoms with Crippen molar-refractivity contribution in [2.45, 2.75) is 31.2 Å². The maximum absolute atomic E-state index is 12.8. The first-order chi connectivity index (χ1) is 16.7. The number of aliphatic carboxylic acids is 1. The Balaban J connectivity index is 0.000000364. The van der Waals surface area contributed by atoms with Gasteiger partial charge in [0.2, 0.25) is 6.10 Å². The molecule has 12 heteroatoms. The van der Waals surface area contributed by atoms with E-state index in [0.717, 1.165) is 29.4 Å². The van der Waals surface area contributed by atoms with Crippen molar-refractivity contribution in [2.75, 3.05) is 25.0 Å². The minimum absolute atomic E-state index is 0.00719. The van der Waals surface area contributed by atoms with Crippen LogP contribution in [0.4, 0.5) is 18.9 Å². The number of nitrogens with one attached hydrogen (secondary N) is 2. The number of H-pyrrole nitrogens is 1. The predicted molar refractivity (Wildman–Crippen MR) is 119 cm³/mol. The number of carboxylic acid groups (broad SMARTS) is 1. The Morgan fingerprint density at radius 3 is 2.49 bits per heavy atom. The number of halogens is 3. The molecule has 0 saturated carbocycles. The molecule has 1 unspecified atom stereocenters. The van der Waals surface area contributed by atoms with Crippen molar-refractivity contribution in [2.24, 2.45) is 0 Å². The van der Waals surface area contributed by atoms with E-state index in [2.05, 4.69) is 27.6 Å². The molecule has 2 aliphatic rings. The van der Waals surface area contributed by atoms with Gasteiger partial charge in [-0.05, 0) is 43.2 Å². The number of carbonyl (C=O) groups excluding carboxylic acids is 1. The number of amides is 1. The smallest absolute Gasteiger partial charge is 0.485 e. The average Bonchev–Trinajstić information content (AvgIpc) is 3.31. The van der Waals surface area contributed by atoms with E-state index in [1.807, 2.05) is 41.4 Å². The summed E-state index contributed by atoms with van der Waals surface area (Å²) in [7, 11) is 0. The number of ether oxygens (including phenoxy) is 2. The summed E-state index contributed by atoms with van der Waals surface area (Å²) in [4.78, 5) is 23.6. The maximum Gasteiger partial charge on any atom is 0.490 e. The van der Waals surface area contributed by atoms with Crippen LogP contribution in [-0.2, 0) is 9.59 Å². The Morgan fingerprint density at radius 1 is 1.11 bits per heavy atom. The van der Waals surface area contributed by atoms with Crippen LogP contribution in [-0.4, -0.2) is 70.1 Å². The van der Waals surface area contributed by atoms with Crippen LogP contribution in [0.25, 0.3) is 10.9 Å². The number of para-hydroxylation sites is 2. The lowest BCUT2D eigenvalue weighted by molar-refractivity contribution is -0.192. The molecule has 0 bridgehead atoms. The Morgan fingerprint density at radius 2 is 1.80 bits per heavy atom. The highest BCUT2D eigenvalue weighted by molar-refractivity contribution is 5.83. The molecule has 3 aromatic rings. The zero-order chi connectivity index (χ0) is 25.0. The summed E-state index contributed by atoms with van der Waals surface area (Å²) >= 11 is 0. The summed E-state index contributed by atoms with van der Waals surface area (Å²) in [6.07, 6.45) is -2.02. The second-order valence-corrected chi connectivity index (χ2v) is 8.08. The van der Waals surface area contributed by atoms with Crippen molar-refractivity contribution in [1.29, 1.82) is 0 Å². The molecule has 1 aromatic heterocycles. The second kappa shape index (κ2) is 10.1. The summed E-state index contributed by atoms with van der Waals surface area (Å²) in [5.41, 5.74) is 2.11. The van der Waals surface area contributed by atoms with Gasteiger partial charge in [0, 0.05) is 30.2 Å². The molecule has 2 aliphatic heterocycles. The van der Waals surface area contributed by atoms with Gasteiger partial charge in [-0.1, -0.05) is 12.1 Å². The highest BCUT2D eigenvalue weighted by Gasteiger charge is 2.38. The van der Waals surface area contributed by atoms with Crippen molar-refractivity contribution in [3.8, 4) is 11.5 Å². The first-order valence-electron chi connectivity index (χ1n) is 10.9. The molecule has 1 atom stereocenters. The molecule has 1 amide bonds. The lowest BCUT2D eigenvalue weighted by atomic mass is 10.0. The molecule has 9 nitrogen and oxygen atoms in total. The first-order valence-corrected chi connectivity index (χ1v) is 10.9. The van der Waals surface area contributed by atoms with E-state index in [9.17, 15) is 18.0 Å². The van der Waals surface area contributed by atoms with Gasteiger partial charge >= 0.3 is 12.1 Å². The number of aromatic amines is 1. The van der Waals surface area contributed by atoms with Crippen LogP contribution >= 0.6 is 0 Å². The fourth-order valence-electron chi connectivity index (χ4n) is 3.86. The average molecular weight is 492 g/mol. The highest BCUT2D eigenvalue weighted by atomic mass is 19.4. The van der Waals surface area contributed by atoms with Crippen molar-refractivity contribution < 1.29 is 37.3 Å². The Bertz CT molecular complexity index is 1190. The summed E-state index contributed by atoms with van der Waals surface area (Å²) in [5, 5.41) is 18.8. The van der Waals surface area contributed by atoms with E-state index in [1.165, 1.54) is 0 Å². The number of hydrogen-bond acceptors (Lipinski definition) is 6. The number of aromatic nitrogens is 2. The number of fused-ring (bicyclic) bond motifs is 2. The number of piperidine rings is 1. The minimum atomic E-state index is -5.08. The van der Waals surface area contributed by atoms with Crippen LogP contribution in [0.1, 0.15) is 12.8 Å². The summed E-state index contributed by atoms with van der Waals surface area (Å²) in [6, 6.07) is 14.0. The molecule has 3 N–H and O–H groups in total.